The van der Waals surface area contributed by atoms with Crippen LogP contribution in [0.5, 0.6) is 0 Å². The van der Waals surface area contributed by atoms with Gasteiger partial charge >= 0.3 is 5.97 Å². The lowest BCUT2D eigenvalue weighted by atomic mass is 10.3. The van der Waals surface area contributed by atoms with Crippen LogP contribution in [0.1, 0.15) is 20.8 Å². The lowest BCUT2D eigenvalue weighted by Crippen LogP contribution is -2.40. The smallest absolute Gasteiger partial charge is 0.320 e. The molecule has 0 aliphatic carbocycles. The molecule has 0 rings (SSSR count). The summed E-state index contributed by atoms with van der Waals surface area (Å²) >= 11 is 0. The standard InChI is InChI=1S/C9H19NO4/c1-6(2)14-5-8(11)4-10-7(3)9(12)13/h6-8,10-11H,4-5H2,1-3H3,(H,12,13). The molecule has 0 aliphatic heterocycles. The van der Waals surface area contributed by atoms with Crippen LogP contribution in [0.2, 0.25) is 0 Å². The molecule has 84 valence electrons. The van der Waals surface area contributed by atoms with Crippen LogP contribution < -0.4 is 5.32 Å². The maximum atomic E-state index is 10.4. The molecule has 0 saturated heterocycles. The van der Waals surface area contributed by atoms with Gasteiger partial charge in [0.05, 0.1) is 18.8 Å². The minimum atomic E-state index is -0.929. The largest absolute Gasteiger partial charge is 0.480 e. The van der Waals surface area contributed by atoms with Gasteiger partial charge in [0.1, 0.15) is 6.04 Å². The number of carboxylic acids is 1. The van der Waals surface area contributed by atoms with Crippen LogP contribution in [0.3, 0.4) is 0 Å². The van der Waals surface area contributed by atoms with Crippen molar-refractivity contribution in [1.29, 1.82) is 0 Å². The summed E-state index contributed by atoms with van der Waals surface area (Å²) in [6.45, 7) is 5.72. The van der Waals surface area contributed by atoms with Gasteiger partial charge in [-0.15, -0.1) is 0 Å². The zero-order valence-corrected chi connectivity index (χ0v) is 8.86. The van der Waals surface area contributed by atoms with Crippen LogP contribution in [0, 0.1) is 0 Å². The van der Waals surface area contributed by atoms with Gasteiger partial charge in [-0.1, -0.05) is 0 Å². The summed E-state index contributed by atoms with van der Waals surface area (Å²) in [7, 11) is 0. The Morgan fingerprint density at radius 3 is 2.43 bits per heavy atom. The van der Waals surface area contributed by atoms with E-state index in [2.05, 4.69) is 5.32 Å². The summed E-state index contributed by atoms with van der Waals surface area (Å²) < 4.78 is 5.16. The van der Waals surface area contributed by atoms with Gasteiger partial charge in [0.2, 0.25) is 0 Å². The van der Waals surface area contributed by atoms with Crippen molar-refractivity contribution in [1.82, 2.24) is 5.32 Å². The third-order valence-electron chi connectivity index (χ3n) is 1.65. The lowest BCUT2D eigenvalue weighted by Gasteiger charge is -2.15. The van der Waals surface area contributed by atoms with Crippen molar-refractivity contribution in [2.45, 2.75) is 39.0 Å². The first-order valence-corrected chi connectivity index (χ1v) is 4.69. The second-order valence-corrected chi connectivity index (χ2v) is 3.50. The van der Waals surface area contributed by atoms with Crippen molar-refractivity contribution in [3.63, 3.8) is 0 Å². The topological polar surface area (TPSA) is 78.8 Å². The third-order valence-corrected chi connectivity index (χ3v) is 1.65. The first-order chi connectivity index (χ1) is 6.43. The number of carbonyl (C=O) groups is 1. The van der Waals surface area contributed by atoms with Crippen molar-refractivity contribution in [3.05, 3.63) is 0 Å². The van der Waals surface area contributed by atoms with Crippen LogP contribution in [0.4, 0.5) is 0 Å². The Morgan fingerprint density at radius 2 is 2.00 bits per heavy atom. The van der Waals surface area contributed by atoms with E-state index in [0.717, 1.165) is 0 Å². The van der Waals surface area contributed by atoms with E-state index < -0.39 is 18.1 Å². The lowest BCUT2D eigenvalue weighted by molar-refractivity contribution is -0.139. The van der Waals surface area contributed by atoms with Crippen LogP contribution in [-0.2, 0) is 9.53 Å². The van der Waals surface area contributed by atoms with Crippen molar-refractivity contribution >= 4 is 5.97 Å². The predicted molar refractivity (Wildman–Crippen MR) is 52.2 cm³/mol. The summed E-state index contributed by atoms with van der Waals surface area (Å²) in [6, 6.07) is -0.649. The van der Waals surface area contributed by atoms with Crippen LogP contribution in [-0.4, -0.2) is 47.6 Å². The molecule has 0 saturated carbocycles. The molecule has 0 fully saturated rings. The molecular formula is C9H19NO4. The Morgan fingerprint density at radius 1 is 1.43 bits per heavy atom. The molecule has 0 aromatic rings. The number of hydrogen-bond donors (Lipinski definition) is 3. The highest BCUT2D eigenvalue weighted by Crippen LogP contribution is 1.91. The second kappa shape index (κ2) is 6.75. The summed E-state index contributed by atoms with van der Waals surface area (Å²) in [6.07, 6.45) is -0.597. The van der Waals surface area contributed by atoms with Gasteiger partial charge in [-0.25, -0.2) is 0 Å². The van der Waals surface area contributed by atoms with Crippen LogP contribution in [0.15, 0.2) is 0 Å². The molecule has 5 heteroatoms. The van der Waals surface area contributed by atoms with E-state index in [1.54, 1.807) is 0 Å². The van der Waals surface area contributed by atoms with E-state index in [-0.39, 0.29) is 19.3 Å². The maximum absolute atomic E-state index is 10.4. The van der Waals surface area contributed by atoms with Crippen molar-refractivity contribution < 1.29 is 19.7 Å². The Labute approximate surface area is 84.1 Å². The van der Waals surface area contributed by atoms with Gasteiger partial charge in [0, 0.05) is 6.54 Å². The Hall–Kier alpha value is -0.650. The highest BCUT2D eigenvalue weighted by atomic mass is 16.5. The molecule has 0 aromatic heterocycles. The summed E-state index contributed by atoms with van der Waals surface area (Å²) in [5.41, 5.74) is 0. The molecule has 14 heavy (non-hydrogen) atoms. The Bertz CT molecular complexity index is 172. The molecule has 0 amide bonds. The van der Waals surface area contributed by atoms with Gasteiger partial charge < -0.3 is 20.3 Å². The molecule has 0 aromatic carbocycles. The van der Waals surface area contributed by atoms with Crippen molar-refractivity contribution in [2.75, 3.05) is 13.2 Å². The van der Waals surface area contributed by atoms with E-state index >= 15 is 0 Å². The van der Waals surface area contributed by atoms with Gasteiger partial charge in [0.25, 0.3) is 0 Å². The number of rotatable bonds is 7. The maximum Gasteiger partial charge on any atom is 0.320 e. The number of hydrogen-bond acceptors (Lipinski definition) is 4. The van der Waals surface area contributed by atoms with E-state index in [0.29, 0.717) is 0 Å². The molecule has 0 heterocycles. The highest BCUT2D eigenvalue weighted by molar-refractivity contribution is 5.72. The van der Waals surface area contributed by atoms with Gasteiger partial charge in [-0.2, -0.15) is 0 Å². The SMILES string of the molecule is CC(C)OCC(O)CNC(C)C(=O)O. The summed E-state index contributed by atoms with van der Waals surface area (Å²) in [5, 5.41) is 20.6. The average Bonchev–Trinajstić information content (AvgIpc) is 2.10. The second-order valence-electron chi connectivity index (χ2n) is 3.50. The molecule has 0 aliphatic rings. The van der Waals surface area contributed by atoms with E-state index in [9.17, 15) is 9.90 Å². The minimum absolute atomic E-state index is 0.0709. The van der Waals surface area contributed by atoms with Gasteiger partial charge in [-0.3, -0.25) is 4.79 Å². The summed E-state index contributed by atoms with van der Waals surface area (Å²) in [5.74, 6) is -0.929. The minimum Gasteiger partial charge on any atom is -0.480 e. The number of aliphatic carboxylic acids is 1. The third kappa shape index (κ3) is 6.82. The fourth-order valence-electron chi connectivity index (χ4n) is 0.763. The number of nitrogens with one attached hydrogen (secondary N) is 1. The summed E-state index contributed by atoms with van der Waals surface area (Å²) in [4.78, 5) is 10.4. The van der Waals surface area contributed by atoms with Crippen molar-refractivity contribution in [3.8, 4) is 0 Å². The van der Waals surface area contributed by atoms with Crippen LogP contribution >= 0.6 is 0 Å². The van der Waals surface area contributed by atoms with Crippen molar-refractivity contribution in [2.24, 2.45) is 0 Å². The van der Waals surface area contributed by atoms with E-state index in [4.69, 9.17) is 9.84 Å². The number of ether oxygens (including phenoxy) is 1. The molecule has 3 N–H and O–H groups in total. The van der Waals surface area contributed by atoms with E-state index in [1.165, 1.54) is 6.92 Å². The fraction of sp³-hybridized carbons (Fsp3) is 0.889. The molecule has 0 radical (unpaired) electrons. The average molecular weight is 205 g/mol. The molecule has 0 spiro atoms. The predicted octanol–water partition coefficient (Wildman–Crippen LogP) is -0.165. The number of aliphatic hydroxyl groups is 1. The molecule has 5 nitrogen and oxygen atoms in total. The molecule has 2 atom stereocenters. The number of aliphatic hydroxyl groups excluding tert-OH is 1. The van der Waals surface area contributed by atoms with Gasteiger partial charge in [-0.05, 0) is 20.8 Å². The van der Waals surface area contributed by atoms with Gasteiger partial charge in [0.15, 0.2) is 0 Å². The highest BCUT2D eigenvalue weighted by Gasteiger charge is 2.12. The Balaban J connectivity index is 3.53. The molecule has 0 bridgehead atoms. The van der Waals surface area contributed by atoms with E-state index in [1.807, 2.05) is 13.8 Å². The fourth-order valence-corrected chi connectivity index (χ4v) is 0.763. The molecule has 2 unspecified atom stereocenters. The number of carboxylic acid groups (broad SMARTS) is 1. The normalized spacial score (nSPS) is 15.5. The zero-order valence-electron chi connectivity index (χ0n) is 8.86. The zero-order chi connectivity index (χ0) is 11.1. The Kier molecular flexibility index (Phi) is 6.44. The van der Waals surface area contributed by atoms with Crippen LogP contribution in [0.25, 0.3) is 0 Å². The quantitative estimate of drug-likeness (QED) is 0.538. The molecular weight excluding hydrogens is 186 g/mol. The first-order valence-electron chi connectivity index (χ1n) is 4.69. The first kappa shape index (κ1) is 13.4. The monoisotopic (exact) mass is 205 g/mol.